The van der Waals surface area contributed by atoms with Crippen molar-refractivity contribution in [2.75, 3.05) is 0 Å². The zero-order chi connectivity index (χ0) is 7.98. The lowest BCUT2D eigenvalue weighted by atomic mass is 10.3. The summed E-state index contributed by atoms with van der Waals surface area (Å²) >= 11 is 2.03. The molecule has 0 aliphatic rings. The van der Waals surface area contributed by atoms with Crippen molar-refractivity contribution in [3.63, 3.8) is 0 Å². The smallest absolute Gasteiger partial charge is 0.0198 e. The first-order chi connectivity index (χ1) is 4.74. The number of hydrogen-bond acceptors (Lipinski definition) is 1. The van der Waals surface area contributed by atoms with E-state index < -0.39 is 0 Å². The molecule has 60 valence electrons. The second-order valence-electron chi connectivity index (χ2n) is 2.52. The van der Waals surface area contributed by atoms with Gasteiger partial charge in [0.15, 0.2) is 0 Å². The average Bonchev–Trinajstić information content (AvgIpc) is 1.99. The third kappa shape index (κ3) is 3.99. The van der Waals surface area contributed by atoms with Gasteiger partial charge in [-0.2, -0.15) is 11.8 Å². The molecular weight excluding hydrogens is 140 g/mol. The Kier molecular flexibility index (Phi) is 5.90. The highest BCUT2D eigenvalue weighted by atomic mass is 32.2. The lowest BCUT2D eigenvalue weighted by molar-refractivity contribution is 0.790. The Morgan fingerprint density at radius 1 is 1.40 bits per heavy atom. The minimum Gasteiger partial charge on any atom is -0.151 e. The van der Waals surface area contributed by atoms with Crippen molar-refractivity contribution in [2.45, 2.75) is 44.1 Å². The maximum absolute atomic E-state index is 3.76. The van der Waals surface area contributed by atoms with Gasteiger partial charge in [0.1, 0.15) is 0 Å². The molecule has 1 atom stereocenters. The molecule has 0 aromatic heterocycles. The van der Waals surface area contributed by atoms with E-state index in [0.29, 0.717) is 5.25 Å². The van der Waals surface area contributed by atoms with E-state index in [9.17, 15) is 0 Å². The molecule has 1 unspecified atom stereocenters. The Bertz CT molecular complexity index is 84.7. The van der Waals surface area contributed by atoms with Gasteiger partial charge in [0.2, 0.25) is 0 Å². The molecule has 0 aliphatic heterocycles. The van der Waals surface area contributed by atoms with Crippen LogP contribution in [-0.4, -0.2) is 10.5 Å². The van der Waals surface area contributed by atoms with Crippen molar-refractivity contribution in [1.29, 1.82) is 0 Å². The summed E-state index contributed by atoms with van der Waals surface area (Å²) in [7, 11) is 0. The molecule has 10 heavy (non-hydrogen) atoms. The fraction of sp³-hybridized carbons (Fsp3) is 0.778. The largest absolute Gasteiger partial charge is 0.151 e. The topological polar surface area (TPSA) is 0 Å². The molecule has 0 bridgehead atoms. The molecule has 0 aromatic carbocycles. The van der Waals surface area contributed by atoms with Crippen LogP contribution in [0.4, 0.5) is 0 Å². The molecule has 0 N–H and O–H groups in total. The number of thioether (sulfide) groups is 1. The predicted molar refractivity (Wildman–Crippen MR) is 51.6 cm³/mol. The minimum atomic E-state index is 0.616. The summed E-state index contributed by atoms with van der Waals surface area (Å²) in [5.41, 5.74) is 0. The van der Waals surface area contributed by atoms with Gasteiger partial charge in [0.05, 0.1) is 0 Å². The normalized spacial score (nSPS) is 13.6. The first kappa shape index (κ1) is 10.1. The second kappa shape index (κ2) is 5.84. The maximum atomic E-state index is 3.76. The Balaban J connectivity index is 3.51. The van der Waals surface area contributed by atoms with Crippen LogP contribution in [0.5, 0.6) is 0 Å². The lowest BCUT2D eigenvalue weighted by Gasteiger charge is -2.14. The molecule has 0 heterocycles. The summed E-state index contributed by atoms with van der Waals surface area (Å²) in [6.07, 6.45) is 4.57. The summed E-state index contributed by atoms with van der Waals surface area (Å²) in [4.78, 5) is 0. The highest BCUT2D eigenvalue weighted by molar-refractivity contribution is 8.00. The highest BCUT2D eigenvalue weighted by Gasteiger charge is 2.06. The Morgan fingerprint density at radius 3 is 2.20 bits per heavy atom. The van der Waals surface area contributed by atoms with Gasteiger partial charge in [0, 0.05) is 10.5 Å². The lowest BCUT2D eigenvalue weighted by Crippen LogP contribution is -2.03. The zero-order valence-electron chi connectivity index (χ0n) is 7.26. The third-order valence-corrected chi connectivity index (χ3v) is 3.32. The van der Waals surface area contributed by atoms with Crippen LogP contribution in [0.2, 0.25) is 0 Å². The van der Waals surface area contributed by atoms with Crippen molar-refractivity contribution < 1.29 is 0 Å². The molecule has 0 fully saturated rings. The number of rotatable bonds is 5. The van der Waals surface area contributed by atoms with Crippen molar-refractivity contribution in [3.05, 3.63) is 12.7 Å². The van der Waals surface area contributed by atoms with Crippen LogP contribution >= 0.6 is 11.8 Å². The van der Waals surface area contributed by atoms with Gasteiger partial charge in [-0.25, -0.2) is 0 Å². The van der Waals surface area contributed by atoms with Crippen molar-refractivity contribution >= 4 is 11.8 Å². The van der Waals surface area contributed by atoms with Crippen LogP contribution in [0.3, 0.4) is 0 Å². The second-order valence-corrected chi connectivity index (χ2v) is 4.20. The van der Waals surface area contributed by atoms with E-state index in [1.807, 2.05) is 17.8 Å². The molecule has 0 spiro atoms. The van der Waals surface area contributed by atoms with Gasteiger partial charge in [-0.1, -0.05) is 19.9 Å². The van der Waals surface area contributed by atoms with Gasteiger partial charge in [-0.15, -0.1) is 6.58 Å². The van der Waals surface area contributed by atoms with Crippen molar-refractivity contribution in [1.82, 2.24) is 0 Å². The molecule has 0 nitrogen and oxygen atoms in total. The van der Waals surface area contributed by atoms with Crippen molar-refractivity contribution in [2.24, 2.45) is 0 Å². The van der Waals surface area contributed by atoms with Crippen LogP contribution in [0.1, 0.15) is 33.6 Å². The minimum absolute atomic E-state index is 0.616. The summed E-state index contributed by atoms with van der Waals surface area (Å²) in [5, 5.41) is 1.44. The van der Waals surface area contributed by atoms with Crippen LogP contribution in [0.15, 0.2) is 12.7 Å². The Morgan fingerprint density at radius 2 is 1.90 bits per heavy atom. The SMILES string of the molecule is C=CC(C)SC(CC)CC. The summed E-state index contributed by atoms with van der Waals surface area (Å²) < 4.78 is 0. The van der Waals surface area contributed by atoms with Gasteiger partial charge in [-0.05, 0) is 19.8 Å². The fourth-order valence-electron chi connectivity index (χ4n) is 0.840. The Labute approximate surface area is 69.1 Å². The molecule has 0 rings (SSSR count). The van der Waals surface area contributed by atoms with Gasteiger partial charge < -0.3 is 0 Å². The standard InChI is InChI=1S/C9H18S/c1-5-8(4)10-9(6-2)7-3/h5,8-9H,1,6-7H2,2-4H3. The Hall–Kier alpha value is 0.0900. The summed E-state index contributed by atoms with van der Waals surface area (Å²) in [6, 6.07) is 0. The average molecular weight is 158 g/mol. The number of hydrogen-bond donors (Lipinski definition) is 0. The fourth-order valence-corrected chi connectivity index (χ4v) is 1.94. The van der Waals surface area contributed by atoms with E-state index in [2.05, 4.69) is 27.4 Å². The van der Waals surface area contributed by atoms with Gasteiger partial charge in [0.25, 0.3) is 0 Å². The van der Waals surface area contributed by atoms with Gasteiger partial charge >= 0.3 is 0 Å². The molecule has 0 saturated carbocycles. The van der Waals surface area contributed by atoms with E-state index in [1.165, 1.54) is 12.8 Å². The predicted octanol–water partition coefficient (Wildman–Crippen LogP) is 3.48. The first-order valence-corrected chi connectivity index (χ1v) is 4.96. The van der Waals surface area contributed by atoms with Crippen LogP contribution in [-0.2, 0) is 0 Å². The van der Waals surface area contributed by atoms with E-state index in [-0.39, 0.29) is 0 Å². The molecule has 0 saturated heterocycles. The van der Waals surface area contributed by atoms with E-state index in [4.69, 9.17) is 0 Å². The van der Waals surface area contributed by atoms with Gasteiger partial charge in [-0.3, -0.25) is 0 Å². The molecule has 1 heteroatoms. The van der Waals surface area contributed by atoms with Crippen molar-refractivity contribution in [3.8, 4) is 0 Å². The van der Waals surface area contributed by atoms with Crippen LogP contribution < -0.4 is 0 Å². The molecular formula is C9H18S. The first-order valence-electron chi connectivity index (χ1n) is 4.02. The molecule has 0 aliphatic carbocycles. The molecule has 0 aromatic rings. The third-order valence-electron chi connectivity index (χ3n) is 1.65. The van der Waals surface area contributed by atoms with Crippen LogP contribution in [0.25, 0.3) is 0 Å². The highest BCUT2D eigenvalue weighted by Crippen LogP contribution is 2.22. The maximum Gasteiger partial charge on any atom is 0.0198 e. The zero-order valence-corrected chi connectivity index (χ0v) is 8.08. The summed E-state index contributed by atoms with van der Waals surface area (Å²) in [6.45, 7) is 10.5. The van der Waals surface area contributed by atoms with E-state index in [1.54, 1.807) is 0 Å². The molecule has 0 radical (unpaired) electrons. The van der Waals surface area contributed by atoms with E-state index in [0.717, 1.165) is 5.25 Å². The summed E-state index contributed by atoms with van der Waals surface area (Å²) in [5.74, 6) is 0. The molecule has 0 amide bonds. The van der Waals surface area contributed by atoms with Crippen LogP contribution in [0, 0.1) is 0 Å². The monoisotopic (exact) mass is 158 g/mol. The van der Waals surface area contributed by atoms with E-state index >= 15 is 0 Å². The quantitative estimate of drug-likeness (QED) is 0.552.